The first kappa shape index (κ1) is 33.7. The molecule has 0 unspecified atom stereocenters. The fraction of sp³-hybridized carbons (Fsp3) is 0.370. The summed E-state index contributed by atoms with van der Waals surface area (Å²) in [5.74, 6) is 1.69. The molecular formula is C27H36Cl2O3Ti-2. The Hall–Kier alpha value is -1.52. The van der Waals surface area contributed by atoms with E-state index in [2.05, 4.69) is 41.5 Å². The summed E-state index contributed by atoms with van der Waals surface area (Å²) in [7, 11) is 0. The first-order valence-corrected chi connectivity index (χ1v) is 11.3. The van der Waals surface area contributed by atoms with Crippen LogP contribution < -0.4 is 24.8 Å². The molecule has 0 saturated carbocycles. The number of aromatic hydroxyl groups is 2. The van der Waals surface area contributed by atoms with Crippen LogP contribution in [0.1, 0.15) is 69.6 Å². The van der Waals surface area contributed by atoms with Gasteiger partial charge in [0.25, 0.3) is 0 Å². The summed E-state index contributed by atoms with van der Waals surface area (Å²) in [4.78, 5) is 0. The minimum atomic E-state index is 0. The summed E-state index contributed by atoms with van der Waals surface area (Å²) in [5.41, 5.74) is 4.75. The van der Waals surface area contributed by atoms with Gasteiger partial charge in [0.05, 0.1) is 0 Å². The van der Waals surface area contributed by atoms with Gasteiger partial charge >= 0.3 is 52.9 Å². The van der Waals surface area contributed by atoms with Crippen molar-refractivity contribution in [1.82, 2.24) is 0 Å². The summed E-state index contributed by atoms with van der Waals surface area (Å²) in [6.45, 7) is 16.8. The van der Waals surface area contributed by atoms with Gasteiger partial charge in [-0.1, -0.05) is 65.8 Å². The monoisotopic (exact) mass is 526 g/mol. The fourth-order valence-electron chi connectivity index (χ4n) is 2.62. The number of hydrogen-bond donors (Lipinski definition) is 2. The Kier molecular flexibility index (Phi) is 15.0. The molecule has 1 heterocycles. The molecule has 6 heteroatoms. The number of furan rings is 1. The van der Waals surface area contributed by atoms with E-state index in [4.69, 9.17) is 4.42 Å². The third kappa shape index (κ3) is 12.0. The van der Waals surface area contributed by atoms with Crippen LogP contribution in [0.2, 0.25) is 0 Å². The van der Waals surface area contributed by atoms with E-state index >= 15 is 0 Å². The van der Waals surface area contributed by atoms with Crippen molar-refractivity contribution in [2.75, 3.05) is 0 Å². The van der Waals surface area contributed by atoms with Crippen LogP contribution >= 0.6 is 0 Å². The number of phenolic OH excluding ortho intramolecular Hbond substituents is 2. The molecule has 0 aliphatic carbocycles. The van der Waals surface area contributed by atoms with E-state index in [0.717, 1.165) is 16.9 Å². The van der Waals surface area contributed by atoms with Gasteiger partial charge in [0.2, 0.25) is 0 Å². The van der Waals surface area contributed by atoms with Crippen molar-refractivity contribution in [1.29, 1.82) is 0 Å². The molecule has 33 heavy (non-hydrogen) atoms. The Morgan fingerprint density at radius 3 is 1.33 bits per heavy atom. The standard InChI is InChI=1S/2C11H16O.C5H4O.2ClH.Ti/c2*1-8-7-9(11(2,3)4)5-6-10(8)12;1-5-3-2-4-6-5;;;/h2*5-7,12H,1-4H3;1-4H;2*1H;/p-2. The second kappa shape index (κ2) is 14.7. The van der Waals surface area contributed by atoms with Gasteiger partial charge in [-0.25, -0.2) is 0 Å². The van der Waals surface area contributed by atoms with E-state index in [1.165, 1.54) is 11.1 Å². The average Bonchev–Trinajstić information content (AvgIpc) is 3.19. The SMILES string of the molecule is Cc1cc(C(C)(C)C)ccc1O.Cc1cc(C(C)(C)C)ccc1O.[Cl-].[Cl-].[Ti]=[CH]c1ccco1. The Labute approximate surface area is 223 Å². The number of hydrogen-bond acceptors (Lipinski definition) is 3. The van der Waals surface area contributed by atoms with Crippen LogP contribution in [0.5, 0.6) is 11.5 Å². The van der Waals surface area contributed by atoms with Gasteiger partial charge in [-0.3, -0.25) is 0 Å². The van der Waals surface area contributed by atoms with Crippen LogP contribution in [0.15, 0.2) is 59.2 Å². The molecule has 0 fully saturated rings. The van der Waals surface area contributed by atoms with Crippen molar-refractivity contribution in [2.45, 2.75) is 66.2 Å². The van der Waals surface area contributed by atoms with Crippen LogP contribution in [0.25, 0.3) is 0 Å². The van der Waals surface area contributed by atoms with Crippen molar-refractivity contribution >= 4 is 4.31 Å². The molecule has 0 aliphatic heterocycles. The number of rotatable bonds is 1. The van der Waals surface area contributed by atoms with Gasteiger partial charge in [0, 0.05) is 0 Å². The van der Waals surface area contributed by atoms with Crippen LogP contribution in [-0.4, -0.2) is 14.5 Å². The number of benzene rings is 2. The molecule has 182 valence electrons. The number of aryl methyl sites for hydroxylation is 2. The molecule has 2 aromatic carbocycles. The predicted octanol–water partition coefficient (Wildman–Crippen LogP) is 0.981. The Morgan fingerprint density at radius 1 is 0.727 bits per heavy atom. The van der Waals surface area contributed by atoms with Crippen LogP contribution in [0, 0.1) is 13.8 Å². The van der Waals surface area contributed by atoms with Crippen molar-refractivity contribution in [3.8, 4) is 11.5 Å². The summed E-state index contributed by atoms with van der Waals surface area (Å²) in [5, 5.41) is 18.6. The molecule has 0 aliphatic rings. The molecule has 0 bridgehead atoms. The third-order valence-electron chi connectivity index (χ3n) is 4.81. The molecule has 2 N–H and O–H groups in total. The van der Waals surface area contributed by atoms with Gasteiger partial charge < -0.3 is 35.0 Å². The molecule has 3 rings (SSSR count). The van der Waals surface area contributed by atoms with Crippen molar-refractivity contribution in [3.63, 3.8) is 0 Å². The van der Waals surface area contributed by atoms with Crippen molar-refractivity contribution in [3.05, 3.63) is 82.8 Å². The third-order valence-corrected chi connectivity index (χ3v) is 5.26. The molecule has 0 radical (unpaired) electrons. The molecule has 1 aromatic heterocycles. The summed E-state index contributed by atoms with van der Waals surface area (Å²) in [6, 6.07) is 15.3. The van der Waals surface area contributed by atoms with Gasteiger partial charge in [0.1, 0.15) is 11.5 Å². The molecule has 3 nitrogen and oxygen atoms in total. The maximum absolute atomic E-state index is 9.31. The van der Waals surface area contributed by atoms with Crippen LogP contribution in [0.3, 0.4) is 0 Å². The second-order valence-electron chi connectivity index (χ2n) is 9.66. The molecule has 0 amide bonds. The average molecular weight is 527 g/mol. The van der Waals surface area contributed by atoms with E-state index < -0.39 is 0 Å². The van der Waals surface area contributed by atoms with Crippen molar-refractivity contribution < 1.29 is 59.4 Å². The van der Waals surface area contributed by atoms with Crippen molar-refractivity contribution in [2.24, 2.45) is 0 Å². The fourth-order valence-corrected chi connectivity index (χ4v) is 2.87. The molecular weight excluding hydrogens is 491 g/mol. The summed E-state index contributed by atoms with van der Waals surface area (Å²) < 4.78 is 6.84. The molecule has 0 saturated heterocycles. The van der Waals surface area contributed by atoms with E-state index in [1.54, 1.807) is 18.4 Å². The Balaban J connectivity index is 0. The topological polar surface area (TPSA) is 53.6 Å². The zero-order chi connectivity index (χ0) is 23.8. The summed E-state index contributed by atoms with van der Waals surface area (Å²) >= 11 is 1.94. The zero-order valence-corrected chi connectivity index (χ0v) is 23.9. The molecule has 0 spiro atoms. The number of halogens is 2. The Bertz CT molecular complexity index is 909. The van der Waals surface area contributed by atoms with Crippen LogP contribution in [-0.2, 0) is 30.8 Å². The first-order chi connectivity index (χ1) is 14.3. The normalized spacial score (nSPS) is 10.3. The van der Waals surface area contributed by atoms with Gasteiger partial charge in [-0.05, 0) is 59.1 Å². The zero-order valence-electron chi connectivity index (χ0n) is 20.8. The van der Waals surface area contributed by atoms with Crippen LogP contribution in [0.4, 0.5) is 0 Å². The van der Waals surface area contributed by atoms with E-state index in [1.807, 2.05) is 74.5 Å². The van der Waals surface area contributed by atoms with E-state index in [9.17, 15) is 10.2 Å². The van der Waals surface area contributed by atoms with Gasteiger partial charge in [-0.2, -0.15) is 0 Å². The van der Waals surface area contributed by atoms with Gasteiger partial charge in [-0.15, -0.1) is 0 Å². The summed E-state index contributed by atoms with van der Waals surface area (Å²) in [6.07, 6.45) is 1.66. The maximum atomic E-state index is 9.31. The molecule has 3 aromatic rings. The minimum absolute atomic E-state index is 0. The Morgan fingerprint density at radius 2 is 1.12 bits per heavy atom. The quantitative estimate of drug-likeness (QED) is 0.465. The van der Waals surface area contributed by atoms with E-state index in [0.29, 0.717) is 11.5 Å². The number of phenols is 2. The molecule has 0 atom stereocenters. The first-order valence-electron chi connectivity index (χ1n) is 10.4. The predicted molar refractivity (Wildman–Crippen MR) is 127 cm³/mol. The second-order valence-corrected chi connectivity index (χ2v) is 10.1. The van der Waals surface area contributed by atoms with E-state index in [-0.39, 0.29) is 35.6 Å². The van der Waals surface area contributed by atoms with Gasteiger partial charge in [0.15, 0.2) is 0 Å².